The van der Waals surface area contributed by atoms with Crippen LogP contribution in [0.1, 0.15) is 104 Å². The third kappa shape index (κ3) is 8.78. The molecule has 6 aromatic carbocycles. The molecular formula is C63H66O12. The summed E-state index contributed by atoms with van der Waals surface area (Å²) >= 11 is 0. The summed E-state index contributed by atoms with van der Waals surface area (Å²) in [6.45, 7) is 1.41. The molecule has 5 aliphatic rings. The molecule has 390 valence electrons. The zero-order valence-electron chi connectivity index (χ0n) is 42.6. The average molecular weight is 1020 g/mol. The highest BCUT2D eigenvalue weighted by molar-refractivity contribution is 5.99. The molecule has 12 heteroatoms. The number of benzene rings is 6. The van der Waals surface area contributed by atoms with Gasteiger partial charge in [0, 0.05) is 24.7 Å². The Labute approximate surface area is 437 Å². The molecule has 12 nitrogen and oxygen atoms in total. The van der Waals surface area contributed by atoms with Crippen LogP contribution >= 0.6 is 0 Å². The van der Waals surface area contributed by atoms with Crippen LogP contribution in [0.25, 0.3) is 28.0 Å². The minimum atomic E-state index is -1.58. The number of carbonyl (C=O) groups excluding carboxylic acids is 2. The second kappa shape index (κ2) is 20.0. The molecule has 0 amide bonds. The van der Waals surface area contributed by atoms with Gasteiger partial charge >= 0.3 is 11.9 Å². The second-order valence-electron chi connectivity index (χ2n) is 21.9. The van der Waals surface area contributed by atoms with Crippen molar-refractivity contribution in [3.8, 4) is 39.9 Å². The highest BCUT2D eigenvalue weighted by Gasteiger charge is 2.66. The standard InChI is InChI=1S/C63H66O12/c1-35(64)74-56-31-44(75-61(71)62(21-10-15-41(62)18-19-59(69)70)42-17-16-38-23-43(65)29-46(45(38)28-42)37-13-8-5-9-14-37)30-49-47-33-58(73-3)54(67)26-39(47)24-50-53(66)34-51-48-32-55(68)57(72-2)27-40(48)25-52(56)63(51,60(49)50)22-20-36-11-6-4-7-12-36/h4-9,11-14,16-17,20,22-23,26-29,32-33,41,44,49-53,56,59-60,65-70H,10,15,18-19,21,24-25,30-31,34H2,1-3H3. The van der Waals surface area contributed by atoms with Crippen LogP contribution in [-0.4, -0.2) is 81.4 Å². The number of phenols is 3. The van der Waals surface area contributed by atoms with Gasteiger partial charge in [0.1, 0.15) is 18.0 Å². The van der Waals surface area contributed by atoms with Crippen LogP contribution in [0.5, 0.6) is 28.7 Å². The monoisotopic (exact) mass is 1010 g/mol. The fourth-order valence-electron chi connectivity index (χ4n) is 15.2. The summed E-state index contributed by atoms with van der Waals surface area (Å²) in [4.78, 5) is 29.8. The Morgan fingerprint density at radius 2 is 1.49 bits per heavy atom. The summed E-state index contributed by atoms with van der Waals surface area (Å²) in [7, 11) is 3.03. The second-order valence-corrected chi connectivity index (χ2v) is 21.9. The summed E-state index contributed by atoms with van der Waals surface area (Å²) in [5.41, 5.74) is 4.90. The molecule has 11 rings (SSSR count). The Morgan fingerprint density at radius 1 is 0.773 bits per heavy atom. The van der Waals surface area contributed by atoms with Gasteiger partial charge in [0.05, 0.1) is 25.7 Å². The molecule has 0 bridgehead atoms. The summed E-state index contributed by atoms with van der Waals surface area (Å²) < 4.78 is 25.3. The average Bonchev–Trinajstić information content (AvgIpc) is 3.84. The highest BCUT2D eigenvalue weighted by Crippen LogP contribution is 2.70. The molecule has 75 heavy (non-hydrogen) atoms. The van der Waals surface area contributed by atoms with E-state index in [1.807, 2.05) is 91.0 Å². The number of aliphatic hydroxyl groups excluding tert-OH is 2. The molecule has 0 heterocycles. The minimum absolute atomic E-state index is 0.0119. The Morgan fingerprint density at radius 3 is 2.23 bits per heavy atom. The van der Waals surface area contributed by atoms with E-state index in [9.17, 15) is 35.4 Å². The fourth-order valence-corrected chi connectivity index (χ4v) is 15.2. The first-order chi connectivity index (χ1) is 36.2. The highest BCUT2D eigenvalue weighted by atomic mass is 16.6. The van der Waals surface area contributed by atoms with Crippen molar-refractivity contribution in [3.05, 3.63) is 155 Å². The molecule has 6 aromatic rings. The first-order valence-corrected chi connectivity index (χ1v) is 26.5. The van der Waals surface area contributed by atoms with Crippen molar-refractivity contribution < 1.29 is 59.2 Å². The minimum Gasteiger partial charge on any atom is -0.508 e. The van der Waals surface area contributed by atoms with Gasteiger partial charge in [-0.15, -0.1) is 0 Å². The fraction of sp³-hybridized carbons (Fsp3) is 0.397. The molecule has 5 aliphatic carbocycles. The zero-order chi connectivity index (χ0) is 52.3. The van der Waals surface area contributed by atoms with E-state index in [0.717, 1.165) is 55.3 Å². The molecule has 11 atom stereocenters. The number of aliphatic hydroxyl groups is 3. The van der Waals surface area contributed by atoms with Crippen molar-refractivity contribution >= 4 is 28.8 Å². The molecule has 3 fully saturated rings. The lowest BCUT2D eigenvalue weighted by Crippen LogP contribution is -2.62. The summed E-state index contributed by atoms with van der Waals surface area (Å²) in [6, 6.07) is 36.4. The van der Waals surface area contributed by atoms with E-state index in [1.54, 1.807) is 24.3 Å². The number of phenolic OH excluding ortho intramolecular Hbond substituents is 3. The van der Waals surface area contributed by atoms with Crippen LogP contribution in [0.4, 0.5) is 0 Å². The van der Waals surface area contributed by atoms with E-state index in [0.29, 0.717) is 56.4 Å². The lowest BCUT2D eigenvalue weighted by Gasteiger charge is -2.64. The predicted molar refractivity (Wildman–Crippen MR) is 283 cm³/mol. The first kappa shape index (κ1) is 50.3. The molecule has 0 spiro atoms. The van der Waals surface area contributed by atoms with Crippen LogP contribution in [0.2, 0.25) is 0 Å². The number of hydrogen-bond acceptors (Lipinski definition) is 12. The van der Waals surface area contributed by atoms with Gasteiger partial charge in [0.15, 0.2) is 29.3 Å². The van der Waals surface area contributed by atoms with E-state index >= 15 is 4.79 Å². The van der Waals surface area contributed by atoms with Gasteiger partial charge in [-0.05, 0) is 179 Å². The smallest absolute Gasteiger partial charge is 0.317 e. The Balaban J connectivity index is 1.11. The van der Waals surface area contributed by atoms with Gasteiger partial charge in [0.25, 0.3) is 0 Å². The van der Waals surface area contributed by atoms with E-state index in [-0.39, 0.29) is 60.2 Å². The van der Waals surface area contributed by atoms with Gasteiger partial charge in [-0.2, -0.15) is 0 Å². The third-order valence-electron chi connectivity index (χ3n) is 18.2. The number of carbonyl (C=O) groups is 2. The molecular weight excluding hydrogens is 949 g/mol. The lowest BCUT2D eigenvalue weighted by molar-refractivity contribution is -0.179. The number of ether oxygens (including phenoxy) is 4. The Kier molecular flexibility index (Phi) is 13.4. The van der Waals surface area contributed by atoms with Gasteiger partial charge in [-0.3, -0.25) is 9.59 Å². The molecule has 0 aliphatic heterocycles. The molecule has 0 aromatic heterocycles. The maximum atomic E-state index is 16.1. The molecule has 11 unspecified atom stereocenters. The predicted octanol–water partition coefficient (Wildman–Crippen LogP) is 10.4. The van der Waals surface area contributed by atoms with Crippen LogP contribution in [0.3, 0.4) is 0 Å². The normalized spacial score (nSPS) is 28.7. The van der Waals surface area contributed by atoms with Gasteiger partial charge < -0.3 is 49.6 Å². The van der Waals surface area contributed by atoms with E-state index in [4.69, 9.17) is 18.9 Å². The maximum absolute atomic E-state index is 16.1. The van der Waals surface area contributed by atoms with Crippen molar-refractivity contribution in [2.45, 2.75) is 113 Å². The van der Waals surface area contributed by atoms with E-state index in [2.05, 4.69) is 12.2 Å². The van der Waals surface area contributed by atoms with Gasteiger partial charge in [-0.25, -0.2) is 0 Å². The quantitative estimate of drug-likeness (QED) is 0.0503. The van der Waals surface area contributed by atoms with Crippen molar-refractivity contribution in [3.63, 3.8) is 0 Å². The number of esters is 2. The zero-order valence-corrected chi connectivity index (χ0v) is 42.6. The Hall–Kier alpha value is -6.86. The van der Waals surface area contributed by atoms with Crippen LogP contribution in [0, 0.1) is 29.1 Å². The summed E-state index contributed by atoms with van der Waals surface area (Å²) in [6.07, 6.45) is 4.11. The topological polar surface area (TPSA) is 192 Å². The van der Waals surface area contributed by atoms with Gasteiger partial charge in [0.2, 0.25) is 0 Å². The SMILES string of the molecule is COc1cc2c(cc1O)C1CC(O)C3Cc4cc(O)c(OC)cc4C4CC(OC(=O)C5(c6ccc7cc(O)cc(-c8ccccc8)c7c6)CCCC5CCC(O)O)CC(OC(C)=O)C(C2)C1(C=Cc1ccccc1)C43. The van der Waals surface area contributed by atoms with Crippen molar-refractivity contribution in [2.75, 3.05) is 14.2 Å². The van der Waals surface area contributed by atoms with Crippen molar-refractivity contribution in [2.24, 2.45) is 29.1 Å². The number of aromatic hydroxyl groups is 3. The summed E-state index contributed by atoms with van der Waals surface area (Å²) in [5, 5.41) is 68.7. The molecule has 3 saturated carbocycles. The number of rotatable bonds is 12. The number of fused-ring (bicyclic) bond motifs is 5. The van der Waals surface area contributed by atoms with Crippen LogP contribution in [0.15, 0.2) is 121 Å². The number of hydrogen-bond donors (Lipinski definition) is 6. The Bertz CT molecular complexity index is 3150. The van der Waals surface area contributed by atoms with Crippen molar-refractivity contribution in [1.82, 2.24) is 0 Å². The molecule has 0 saturated heterocycles. The summed E-state index contributed by atoms with van der Waals surface area (Å²) in [5.74, 6) is -2.53. The van der Waals surface area contributed by atoms with E-state index in [1.165, 1.54) is 21.1 Å². The van der Waals surface area contributed by atoms with Crippen LogP contribution < -0.4 is 9.47 Å². The number of allylic oxidation sites excluding steroid dienone is 1. The largest absolute Gasteiger partial charge is 0.508 e. The van der Waals surface area contributed by atoms with Gasteiger partial charge in [-0.1, -0.05) is 91.4 Å². The van der Waals surface area contributed by atoms with Crippen LogP contribution in [-0.2, 0) is 37.3 Å². The molecule has 0 radical (unpaired) electrons. The number of methoxy groups -OCH3 is 2. The third-order valence-corrected chi connectivity index (χ3v) is 18.2. The lowest BCUT2D eigenvalue weighted by atomic mass is 9.40. The maximum Gasteiger partial charge on any atom is 0.317 e. The van der Waals surface area contributed by atoms with E-state index < -0.39 is 59.2 Å². The molecule has 6 N–H and O–H groups in total. The van der Waals surface area contributed by atoms with Crippen molar-refractivity contribution in [1.29, 1.82) is 0 Å². The first-order valence-electron chi connectivity index (χ1n) is 26.5.